The van der Waals surface area contributed by atoms with E-state index in [1.54, 1.807) is 0 Å². The van der Waals surface area contributed by atoms with Crippen LogP contribution in [0.1, 0.15) is 6.92 Å². The van der Waals surface area contributed by atoms with Crippen molar-refractivity contribution >= 4 is 12.9 Å². The Morgan fingerprint density at radius 3 is 2.94 bits per heavy atom. The largest absolute Gasteiger partial charge is 0.730 e. The monoisotopic (exact) mass is 234 g/mol. The minimum Gasteiger partial charge on any atom is -0.599 e. The van der Waals surface area contributed by atoms with Crippen molar-refractivity contribution in [2.75, 3.05) is 26.4 Å². The first-order chi connectivity index (χ1) is 7.63. The number of carbonyl (C=O) groups excluding carboxylic acids is 1. The first kappa shape index (κ1) is 11.8. The summed E-state index contributed by atoms with van der Waals surface area (Å²) in [6, 6.07) is 0. The maximum atomic E-state index is 10.6. The molecule has 8 heteroatoms. The van der Waals surface area contributed by atoms with E-state index in [1.165, 1.54) is 6.92 Å². The summed E-state index contributed by atoms with van der Waals surface area (Å²) in [5, 5.41) is 8.91. The highest BCUT2D eigenvalue weighted by molar-refractivity contribution is 6.53. The van der Waals surface area contributed by atoms with Crippen LogP contribution in [-0.4, -0.2) is 61.3 Å². The van der Waals surface area contributed by atoms with Gasteiger partial charge in [-0.05, 0) is 0 Å². The third-order valence-electron chi connectivity index (χ3n) is 2.43. The molecule has 2 N–H and O–H groups in total. The molecule has 2 heterocycles. The number of ether oxygens (including phenoxy) is 1. The van der Waals surface area contributed by atoms with Gasteiger partial charge < -0.3 is 28.5 Å². The van der Waals surface area contributed by atoms with Crippen LogP contribution in [0.25, 0.3) is 0 Å². The molecule has 0 amide bonds. The Kier molecular flexibility index (Phi) is 3.46. The van der Waals surface area contributed by atoms with E-state index in [2.05, 4.69) is 4.65 Å². The smallest absolute Gasteiger partial charge is 0.599 e. The lowest BCUT2D eigenvalue weighted by atomic mass is 10.1. The fourth-order valence-corrected chi connectivity index (χ4v) is 1.69. The van der Waals surface area contributed by atoms with E-state index in [0.29, 0.717) is 0 Å². The topological polar surface area (TPSA) is 87.0 Å². The molecule has 16 heavy (non-hydrogen) atoms. The fraction of sp³-hybridized carbons (Fsp3) is 0.875. The van der Waals surface area contributed by atoms with Crippen LogP contribution >= 0.6 is 0 Å². The minimum absolute atomic E-state index is 0.0924. The number of aliphatic hydroxyl groups excluding tert-OH is 1. The van der Waals surface area contributed by atoms with Crippen LogP contribution in [0.3, 0.4) is 0 Å². The van der Waals surface area contributed by atoms with E-state index in [9.17, 15) is 4.79 Å². The Morgan fingerprint density at radius 2 is 2.31 bits per heavy atom. The molecule has 92 valence electrons. The molecule has 2 saturated heterocycles. The van der Waals surface area contributed by atoms with Crippen molar-refractivity contribution in [3.05, 3.63) is 0 Å². The molecule has 0 saturated carbocycles. The van der Waals surface area contributed by atoms with E-state index in [0.717, 1.165) is 0 Å². The zero-order valence-corrected chi connectivity index (χ0v) is 9.00. The first-order valence-electron chi connectivity index (χ1n) is 5.18. The van der Waals surface area contributed by atoms with Gasteiger partial charge in [-0.25, -0.2) is 0 Å². The summed E-state index contributed by atoms with van der Waals surface area (Å²) in [7, 11) is 0. The molecule has 0 radical (unpaired) electrons. The maximum Gasteiger partial charge on any atom is 0.730 e. The number of rotatable bonds is 3. The second-order valence-electron chi connectivity index (χ2n) is 3.82. The Balaban J connectivity index is 1.81. The number of hydrogen-bond donors (Lipinski definition) is 1. The van der Waals surface area contributed by atoms with Crippen molar-refractivity contribution in [1.29, 1.82) is 0 Å². The molecule has 0 aliphatic carbocycles. The van der Waals surface area contributed by atoms with E-state index in [1.807, 2.05) is 0 Å². The van der Waals surface area contributed by atoms with Crippen molar-refractivity contribution in [2.45, 2.75) is 19.1 Å². The van der Waals surface area contributed by atoms with Gasteiger partial charge in [0.15, 0.2) is 6.10 Å². The summed E-state index contributed by atoms with van der Waals surface area (Å²) >= 11 is 0. The second-order valence-corrected chi connectivity index (χ2v) is 3.82. The lowest BCUT2D eigenvalue weighted by Gasteiger charge is -2.22. The van der Waals surface area contributed by atoms with Crippen LogP contribution in [-0.2, 0) is 23.5 Å². The highest BCUT2D eigenvalue weighted by atomic mass is 16.9. The molecule has 0 bridgehead atoms. The van der Waals surface area contributed by atoms with Crippen LogP contribution in [0, 0.1) is 0 Å². The Hall–Kier alpha value is -0.665. The zero-order valence-electron chi connectivity index (χ0n) is 9.00. The third kappa shape index (κ3) is 2.53. The van der Waals surface area contributed by atoms with E-state index >= 15 is 0 Å². The Morgan fingerprint density at radius 1 is 1.56 bits per heavy atom. The number of hydrogen-bond acceptors (Lipinski definition) is 6. The standard InChI is InChI=1S/C8H15BO7/c1-6(11)12-3-8-5-14-9(16-8)13-4-7(2-10)15-9/h7-8,10,15H,2-5H2,1H3. The number of esters is 1. The molecule has 2 aliphatic heterocycles. The molecule has 2 aliphatic rings. The summed E-state index contributed by atoms with van der Waals surface area (Å²) in [4.78, 5) is 10.6. The van der Waals surface area contributed by atoms with Crippen molar-refractivity contribution in [1.82, 2.24) is 0 Å². The summed E-state index contributed by atoms with van der Waals surface area (Å²) in [6.45, 7) is -0.160. The summed E-state index contributed by atoms with van der Waals surface area (Å²) in [5.41, 5.74) is 0. The van der Waals surface area contributed by atoms with Gasteiger partial charge >= 0.3 is 12.9 Å². The van der Waals surface area contributed by atoms with E-state index in [-0.39, 0.29) is 44.6 Å². The quantitative estimate of drug-likeness (QED) is 0.356. The van der Waals surface area contributed by atoms with Crippen molar-refractivity contribution in [2.24, 2.45) is 0 Å². The average Bonchev–Trinajstić information content (AvgIpc) is 2.84. The lowest BCUT2D eigenvalue weighted by Crippen LogP contribution is -2.44. The van der Waals surface area contributed by atoms with Crippen LogP contribution in [0.2, 0.25) is 0 Å². The molecule has 2 fully saturated rings. The molecular formula is C8H15BO7. The van der Waals surface area contributed by atoms with Gasteiger partial charge in [0.25, 0.3) is 0 Å². The molecule has 0 aromatic carbocycles. The second kappa shape index (κ2) is 4.68. The minimum atomic E-state index is -2.08. The molecule has 0 aromatic heterocycles. The maximum absolute atomic E-state index is 10.6. The van der Waals surface area contributed by atoms with Crippen LogP contribution < -0.4 is 0 Å². The SMILES string of the molecule is CC(=O)OCC1CO[B-]2(OCC(CO)[OH+]2)O1. The predicted octanol–water partition coefficient (Wildman–Crippen LogP) is -1.68. The van der Waals surface area contributed by atoms with Crippen LogP contribution in [0.5, 0.6) is 0 Å². The Bertz CT molecular complexity index is 273. The molecule has 7 nitrogen and oxygen atoms in total. The van der Waals surface area contributed by atoms with Crippen molar-refractivity contribution in [3.8, 4) is 0 Å². The van der Waals surface area contributed by atoms with Crippen LogP contribution in [0.15, 0.2) is 0 Å². The summed E-state index contributed by atoms with van der Waals surface area (Å²) < 4.78 is 25.0. The van der Waals surface area contributed by atoms with Crippen molar-refractivity contribution < 1.29 is 33.3 Å². The van der Waals surface area contributed by atoms with Gasteiger partial charge in [-0.2, -0.15) is 0 Å². The highest BCUT2D eigenvalue weighted by Gasteiger charge is 2.55. The van der Waals surface area contributed by atoms with Gasteiger partial charge in [-0.15, -0.1) is 0 Å². The summed E-state index contributed by atoms with van der Waals surface area (Å²) in [6.07, 6.45) is -0.655. The molecule has 1 spiro atoms. The van der Waals surface area contributed by atoms with Gasteiger partial charge in [-0.1, -0.05) is 0 Å². The summed E-state index contributed by atoms with van der Waals surface area (Å²) in [5.74, 6) is -0.366. The zero-order chi connectivity index (χ0) is 11.6. The van der Waals surface area contributed by atoms with E-state index in [4.69, 9.17) is 23.8 Å². The molecule has 3 unspecified atom stereocenters. The first-order valence-corrected chi connectivity index (χ1v) is 5.18. The van der Waals surface area contributed by atoms with Gasteiger partial charge in [-0.3, -0.25) is 4.79 Å². The lowest BCUT2D eigenvalue weighted by molar-refractivity contribution is -0.143. The fourth-order valence-electron chi connectivity index (χ4n) is 1.69. The number of carbonyl (C=O) groups is 1. The third-order valence-corrected chi connectivity index (χ3v) is 2.43. The Labute approximate surface area is 92.6 Å². The predicted molar refractivity (Wildman–Crippen MR) is 52.3 cm³/mol. The normalized spacial score (nSPS) is 38.1. The molecule has 3 atom stereocenters. The van der Waals surface area contributed by atoms with Crippen molar-refractivity contribution in [3.63, 3.8) is 0 Å². The van der Waals surface area contributed by atoms with Gasteiger partial charge in [0, 0.05) is 13.5 Å². The van der Waals surface area contributed by atoms with E-state index < -0.39 is 6.96 Å². The van der Waals surface area contributed by atoms with Crippen LogP contribution in [0.4, 0.5) is 0 Å². The molecule has 0 aromatic rings. The average molecular weight is 234 g/mol. The highest BCUT2D eigenvalue weighted by Crippen LogP contribution is 2.26. The van der Waals surface area contributed by atoms with Gasteiger partial charge in [0.1, 0.15) is 13.2 Å². The molecule has 2 rings (SSSR count). The number of aliphatic hydroxyl groups is 2. The van der Waals surface area contributed by atoms with Gasteiger partial charge in [0.05, 0.1) is 12.7 Å². The molecular weight excluding hydrogens is 219 g/mol. The van der Waals surface area contributed by atoms with Gasteiger partial charge in [0.2, 0.25) is 0 Å².